The van der Waals surface area contributed by atoms with Crippen LogP contribution in [0.25, 0.3) is 10.2 Å². The number of hydrogen-bond donors (Lipinski definition) is 1. The van der Waals surface area contributed by atoms with E-state index in [-0.39, 0.29) is 0 Å². The Bertz CT molecular complexity index is 590. The van der Waals surface area contributed by atoms with Crippen LogP contribution in [-0.2, 0) is 4.74 Å². The van der Waals surface area contributed by atoms with Crippen molar-refractivity contribution in [1.82, 2.24) is 4.98 Å². The molecule has 0 saturated heterocycles. The molecule has 0 aliphatic heterocycles. The summed E-state index contributed by atoms with van der Waals surface area (Å²) in [6, 6.07) is 0. The molecule has 90 valence electrons. The maximum Gasteiger partial charge on any atom is 0.342 e. The highest BCUT2D eigenvalue weighted by atomic mass is 32.1. The molecule has 5 heteroatoms. The van der Waals surface area contributed by atoms with Gasteiger partial charge in [-0.1, -0.05) is 0 Å². The van der Waals surface area contributed by atoms with Crippen LogP contribution in [0, 0.1) is 13.8 Å². The van der Waals surface area contributed by atoms with E-state index in [0.717, 1.165) is 15.8 Å². The molecule has 2 heterocycles. The number of esters is 1. The van der Waals surface area contributed by atoms with Crippen LogP contribution in [-0.4, -0.2) is 17.6 Å². The molecular weight excluding hydrogens is 236 g/mol. The highest BCUT2D eigenvalue weighted by Gasteiger charge is 2.19. The fourth-order valence-corrected chi connectivity index (χ4v) is 2.81. The number of hydrogen-bond acceptors (Lipinski definition) is 5. The third kappa shape index (κ3) is 1.86. The molecule has 4 nitrogen and oxygen atoms in total. The van der Waals surface area contributed by atoms with E-state index in [2.05, 4.69) is 4.98 Å². The molecule has 0 radical (unpaired) electrons. The number of pyridine rings is 1. The minimum atomic E-state index is -0.400. The van der Waals surface area contributed by atoms with E-state index in [1.807, 2.05) is 12.3 Å². The molecule has 0 aliphatic rings. The number of aromatic nitrogens is 1. The number of carbonyl (C=O) groups is 1. The molecule has 0 aliphatic carbocycles. The zero-order valence-corrected chi connectivity index (χ0v) is 10.9. The van der Waals surface area contributed by atoms with E-state index in [4.69, 9.17) is 10.5 Å². The van der Waals surface area contributed by atoms with E-state index in [1.54, 1.807) is 13.8 Å². The van der Waals surface area contributed by atoms with Crippen LogP contribution >= 0.6 is 11.3 Å². The van der Waals surface area contributed by atoms with E-state index in [9.17, 15) is 4.79 Å². The molecular formula is C12H14N2O2S. The van der Waals surface area contributed by atoms with Crippen molar-refractivity contribution in [2.24, 2.45) is 0 Å². The second-order valence-corrected chi connectivity index (χ2v) is 4.66. The lowest BCUT2D eigenvalue weighted by molar-refractivity contribution is 0.0526. The molecule has 0 unspecified atom stereocenters. The van der Waals surface area contributed by atoms with Crippen LogP contribution in [0.2, 0.25) is 0 Å². The normalized spacial score (nSPS) is 10.8. The third-order valence-corrected chi connectivity index (χ3v) is 3.59. The monoisotopic (exact) mass is 250 g/mol. The number of anilines is 1. The number of aryl methyl sites for hydroxylation is 2. The lowest BCUT2D eigenvalue weighted by atomic mass is 10.1. The largest absolute Gasteiger partial charge is 0.462 e. The predicted octanol–water partition coefficient (Wildman–Crippen LogP) is 2.67. The van der Waals surface area contributed by atoms with Crippen molar-refractivity contribution in [2.75, 3.05) is 12.3 Å². The smallest absolute Gasteiger partial charge is 0.342 e. The number of nitrogen functional groups attached to an aromatic ring is 1. The summed E-state index contributed by atoms with van der Waals surface area (Å²) in [4.78, 5) is 17.1. The highest BCUT2D eigenvalue weighted by Crippen LogP contribution is 2.32. The lowest BCUT2D eigenvalue weighted by Gasteiger charge is -2.09. The Kier molecular flexibility index (Phi) is 3.02. The molecule has 0 saturated carbocycles. The van der Waals surface area contributed by atoms with Gasteiger partial charge in [-0.25, -0.2) is 9.78 Å². The van der Waals surface area contributed by atoms with Crippen molar-refractivity contribution in [1.29, 1.82) is 0 Å². The average molecular weight is 250 g/mol. The van der Waals surface area contributed by atoms with Crippen LogP contribution < -0.4 is 5.73 Å². The molecule has 0 aromatic carbocycles. The molecule has 2 N–H and O–H groups in total. The molecule has 0 amide bonds. The van der Waals surface area contributed by atoms with Crippen molar-refractivity contribution in [3.8, 4) is 0 Å². The zero-order chi connectivity index (χ0) is 12.6. The fourth-order valence-electron chi connectivity index (χ4n) is 1.83. The minimum absolute atomic E-state index is 0.332. The zero-order valence-electron chi connectivity index (χ0n) is 10.0. The highest BCUT2D eigenvalue weighted by molar-refractivity contribution is 7.17. The number of carbonyl (C=O) groups excluding carboxylic acids is 1. The Morgan fingerprint density at radius 3 is 2.88 bits per heavy atom. The first kappa shape index (κ1) is 11.9. The van der Waals surface area contributed by atoms with Crippen LogP contribution in [0.1, 0.15) is 28.5 Å². The van der Waals surface area contributed by atoms with Gasteiger partial charge in [0, 0.05) is 5.39 Å². The molecule has 2 aromatic rings. The molecule has 0 bridgehead atoms. The maximum absolute atomic E-state index is 11.8. The first-order valence-electron chi connectivity index (χ1n) is 5.37. The SMILES string of the molecule is CCOC(=O)c1c(C)nc2scc(C)c2c1N. The Hall–Kier alpha value is -1.62. The Balaban J connectivity index is 2.70. The van der Waals surface area contributed by atoms with Gasteiger partial charge in [0.2, 0.25) is 0 Å². The van der Waals surface area contributed by atoms with Gasteiger partial charge in [-0.05, 0) is 31.7 Å². The van der Waals surface area contributed by atoms with Gasteiger partial charge in [-0.15, -0.1) is 11.3 Å². The Morgan fingerprint density at radius 1 is 1.53 bits per heavy atom. The van der Waals surface area contributed by atoms with E-state index >= 15 is 0 Å². The molecule has 2 aromatic heterocycles. The Labute approximate surface area is 103 Å². The fraction of sp³-hybridized carbons (Fsp3) is 0.333. The van der Waals surface area contributed by atoms with Crippen molar-refractivity contribution < 1.29 is 9.53 Å². The van der Waals surface area contributed by atoms with Crippen LogP contribution in [0.3, 0.4) is 0 Å². The second-order valence-electron chi connectivity index (χ2n) is 3.81. The molecule has 0 fully saturated rings. The maximum atomic E-state index is 11.8. The average Bonchev–Trinajstić information content (AvgIpc) is 2.60. The third-order valence-electron chi connectivity index (χ3n) is 2.60. The van der Waals surface area contributed by atoms with Crippen LogP contribution in [0.5, 0.6) is 0 Å². The summed E-state index contributed by atoms with van der Waals surface area (Å²) >= 11 is 1.53. The van der Waals surface area contributed by atoms with Gasteiger partial charge in [0.15, 0.2) is 0 Å². The standard InChI is InChI=1S/C12H14N2O2S/c1-4-16-12(15)9-7(3)14-11-8(10(9)13)6(2)5-17-11/h5H,4H2,1-3H3,(H2,13,14). The van der Waals surface area contributed by atoms with Crippen LogP contribution in [0.4, 0.5) is 5.69 Å². The molecule has 0 atom stereocenters. The number of fused-ring (bicyclic) bond motifs is 1. The summed E-state index contributed by atoms with van der Waals surface area (Å²) in [6.07, 6.45) is 0. The van der Waals surface area contributed by atoms with Crippen molar-refractivity contribution in [2.45, 2.75) is 20.8 Å². The topological polar surface area (TPSA) is 65.2 Å². The van der Waals surface area contributed by atoms with E-state index in [0.29, 0.717) is 23.6 Å². The van der Waals surface area contributed by atoms with Gasteiger partial charge in [0.25, 0.3) is 0 Å². The summed E-state index contributed by atoms with van der Waals surface area (Å²) in [5.74, 6) is -0.400. The van der Waals surface area contributed by atoms with Crippen molar-refractivity contribution >= 4 is 33.2 Å². The number of nitrogens with two attached hydrogens (primary N) is 1. The van der Waals surface area contributed by atoms with Gasteiger partial charge >= 0.3 is 5.97 Å². The summed E-state index contributed by atoms with van der Waals surface area (Å²) in [6.45, 7) is 5.84. The van der Waals surface area contributed by atoms with Gasteiger partial charge in [0.1, 0.15) is 10.4 Å². The van der Waals surface area contributed by atoms with Crippen molar-refractivity contribution in [3.05, 3.63) is 22.2 Å². The quantitative estimate of drug-likeness (QED) is 0.832. The first-order chi connectivity index (χ1) is 8.06. The van der Waals surface area contributed by atoms with Gasteiger partial charge in [-0.2, -0.15) is 0 Å². The number of nitrogens with zero attached hydrogens (tertiary/aromatic N) is 1. The van der Waals surface area contributed by atoms with E-state index < -0.39 is 5.97 Å². The summed E-state index contributed by atoms with van der Waals surface area (Å²) < 4.78 is 5.00. The van der Waals surface area contributed by atoms with Crippen LogP contribution in [0.15, 0.2) is 5.38 Å². The molecule has 2 rings (SSSR count). The van der Waals surface area contributed by atoms with E-state index in [1.165, 1.54) is 11.3 Å². The van der Waals surface area contributed by atoms with Gasteiger partial charge in [-0.3, -0.25) is 0 Å². The first-order valence-corrected chi connectivity index (χ1v) is 6.25. The van der Waals surface area contributed by atoms with Crippen molar-refractivity contribution in [3.63, 3.8) is 0 Å². The Morgan fingerprint density at radius 2 is 2.24 bits per heavy atom. The summed E-state index contributed by atoms with van der Waals surface area (Å²) in [5, 5.41) is 2.85. The second kappa shape index (κ2) is 4.33. The predicted molar refractivity (Wildman–Crippen MR) is 69.5 cm³/mol. The van der Waals surface area contributed by atoms with Gasteiger partial charge < -0.3 is 10.5 Å². The number of thiophene rings is 1. The summed E-state index contributed by atoms with van der Waals surface area (Å²) in [5.41, 5.74) is 8.59. The number of ether oxygens (including phenoxy) is 1. The lowest BCUT2D eigenvalue weighted by Crippen LogP contribution is -2.11. The number of rotatable bonds is 2. The molecule has 17 heavy (non-hydrogen) atoms. The molecule has 0 spiro atoms. The van der Waals surface area contributed by atoms with Gasteiger partial charge in [0.05, 0.1) is 18.0 Å². The minimum Gasteiger partial charge on any atom is -0.462 e. The summed E-state index contributed by atoms with van der Waals surface area (Å²) in [7, 11) is 0.